The van der Waals surface area contributed by atoms with E-state index in [0.717, 1.165) is 12.1 Å². The minimum Gasteiger partial charge on any atom is -0.378 e. The second kappa shape index (κ2) is 7.59. The number of carbonyl (C=O) groups excluding carboxylic acids is 1. The van der Waals surface area contributed by atoms with Gasteiger partial charge in [0.15, 0.2) is 0 Å². The molecule has 0 aliphatic carbocycles. The summed E-state index contributed by atoms with van der Waals surface area (Å²) in [5, 5.41) is 6.33. The van der Waals surface area contributed by atoms with Crippen molar-refractivity contribution in [2.75, 3.05) is 5.32 Å². The molecule has 2 unspecified atom stereocenters. The van der Waals surface area contributed by atoms with Crippen molar-refractivity contribution in [3.05, 3.63) is 59.9 Å². The van der Waals surface area contributed by atoms with Crippen molar-refractivity contribution < 1.29 is 4.79 Å². The SMILES string of the molecule is CCC(C)NC(=O)c1cc(NC(C)c2ccccc2)ccn1. The Bertz CT molecular complexity index is 613. The molecule has 2 N–H and O–H groups in total. The minimum atomic E-state index is -0.134. The van der Waals surface area contributed by atoms with Crippen molar-refractivity contribution in [1.29, 1.82) is 0 Å². The van der Waals surface area contributed by atoms with E-state index in [-0.39, 0.29) is 18.0 Å². The first-order valence-electron chi connectivity index (χ1n) is 7.68. The van der Waals surface area contributed by atoms with E-state index in [4.69, 9.17) is 0 Å². The lowest BCUT2D eigenvalue weighted by atomic mass is 10.1. The highest BCUT2D eigenvalue weighted by Crippen LogP contribution is 2.19. The molecule has 4 nitrogen and oxygen atoms in total. The molecule has 1 heterocycles. The van der Waals surface area contributed by atoms with Crippen LogP contribution in [0.15, 0.2) is 48.7 Å². The van der Waals surface area contributed by atoms with Gasteiger partial charge in [0.25, 0.3) is 5.91 Å². The molecule has 0 fully saturated rings. The van der Waals surface area contributed by atoms with Gasteiger partial charge in [0.05, 0.1) is 0 Å². The van der Waals surface area contributed by atoms with Gasteiger partial charge in [-0.15, -0.1) is 0 Å². The van der Waals surface area contributed by atoms with E-state index >= 15 is 0 Å². The molecule has 0 saturated carbocycles. The van der Waals surface area contributed by atoms with Crippen LogP contribution in [0.5, 0.6) is 0 Å². The monoisotopic (exact) mass is 297 g/mol. The fourth-order valence-corrected chi connectivity index (χ4v) is 2.12. The fraction of sp³-hybridized carbons (Fsp3) is 0.333. The quantitative estimate of drug-likeness (QED) is 0.853. The van der Waals surface area contributed by atoms with E-state index in [2.05, 4.69) is 34.7 Å². The Morgan fingerprint density at radius 1 is 1.18 bits per heavy atom. The Balaban J connectivity index is 2.07. The van der Waals surface area contributed by atoms with Crippen LogP contribution in [0.1, 0.15) is 49.3 Å². The summed E-state index contributed by atoms with van der Waals surface area (Å²) < 4.78 is 0. The lowest BCUT2D eigenvalue weighted by Crippen LogP contribution is -2.32. The molecule has 22 heavy (non-hydrogen) atoms. The number of nitrogens with one attached hydrogen (secondary N) is 2. The smallest absolute Gasteiger partial charge is 0.270 e. The van der Waals surface area contributed by atoms with E-state index in [0.29, 0.717) is 5.69 Å². The number of nitrogens with zero attached hydrogens (tertiary/aromatic N) is 1. The van der Waals surface area contributed by atoms with Crippen LogP contribution < -0.4 is 10.6 Å². The number of rotatable bonds is 6. The highest BCUT2D eigenvalue weighted by atomic mass is 16.1. The number of amides is 1. The summed E-state index contributed by atoms with van der Waals surface area (Å²) in [5.41, 5.74) is 2.52. The highest BCUT2D eigenvalue weighted by Gasteiger charge is 2.11. The van der Waals surface area contributed by atoms with Crippen molar-refractivity contribution in [2.45, 2.75) is 39.3 Å². The standard InChI is InChI=1S/C18H23N3O/c1-4-13(2)20-18(22)17-12-16(10-11-19-17)21-14(3)15-8-6-5-7-9-15/h5-14H,4H2,1-3H3,(H,19,21)(H,20,22). The van der Waals surface area contributed by atoms with Crippen LogP contribution in [0.25, 0.3) is 0 Å². The number of hydrogen-bond acceptors (Lipinski definition) is 3. The first-order chi connectivity index (χ1) is 10.6. The van der Waals surface area contributed by atoms with Gasteiger partial charge in [0.2, 0.25) is 0 Å². The van der Waals surface area contributed by atoms with Crippen LogP contribution in [0.2, 0.25) is 0 Å². The van der Waals surface area contributed by atoms with Gasteiger partial charge in [0, 0.05) is 24.0 Å². The molecule has 4 heteroatoms. The second-order valence-electron chi connectivity index (χ2n) is 5.49. The molecule has 2 aromatic rings. The Kier molecular flexibility index (Phi) is 5.53. The summed E-state index contributed by atoms with van der Waals surface area (Å²) in [6.07, 6.45) is 2.56. The van der Waals surface area contributed by atoms with Crippen molar-refractivity contribution in [1.82, 2.24) is 10.3 Å². The Labute approximate surface area is 132 Å². The fourth-order valence-electron chi connectivity index (χ4n) is 2.12. The van der Waals surface area contributed by atoms with E-state index < -0.39 is 0 Å². The predicted molar refractivity (Wildman–Crippen MR) is 89.9 cm³/mol. The van der Waals surface area contributed by atoms with Crippen LogP contribution in [0, 0.1) is 0 Å². The lowest BCUT2D eigenvalue weighted by Gasteiger charge is -2.16. The maximum atomic E-state index is 12.1. The summed E-state index contributed by atoms with van der Waals surface area (Å²) in [6, 6.07) is 14.2. The van der Waals surface area contributed by atoms with Gasteiger partial charge in [-0.2, -0.15) is 0 Å². The molecule has 0 saturated heterocycles. The molecule has 2 atom stereocenters. The van der Waals surface area contributed by atoms with Crippen LogP contribution in [0.4, 0.5) is 5.69 Å². The number of aromatic nitrogens is 1. The molecule has 116 valence electrons. The average Bonchev–Trinajstić information content (AvgIpc) is 2.55. The van der Waals surface area contributed by atoms with Crippen molar-refractivity contribution in [3.8, 4) is 0 Å². The molecule has 1 aromatic carbocycles. The third kappa shape index (κ3) is 4.32. The first-order valence-corrected chi connectivity index (χ1v) is 7.68. The minimum absolute atomic E-state index is 0.134. The molecule has 2 rings (SSSR count). The predicted octanol–water partition coefficient (Wildman–Crippen LogP) is 3.78. The number of hydrogen-bond donors (Lipinski definition) is 2. The highest BCUT2D eigenvalue weighted by molar-refractivity contribution is 5.93. The van der Waals surface area contributed by atoms with Crippen LogP contribution >= 0.6 is 0 Å². The normalized spacial score (nSPS) is 13.2. The topological polar surface area (TPSA) is 54.0 Å². The maximum Gasteiger partial charge on any atom is 0.270 e. The van der Waals surface area contributed by atoms with Crippen molar-refractivity contribution in [3.63, 3.8) is 0 Å². The second-order valence-corrected chi connectivity index (χ2v) is 5.49. The van der Waals surface area contributed by atoms with Gasteiger partial charge in [0.1, 0.15) is 5.69 Å². The van der Waals surface area contributed by atoms with E-state index in [1.807, 2.05) is 38.1 Å². The maximum absolute atomic E-state index is 12.1. The number of carbonyl (C=O) groups is 1. The lowest BCUT2D eigenvalue weighted by molar-refractivity contribution is 0.0934. The van der Waals surface area contributed by atoms with Crippen LogP contribution in [-0.2, 0) is 0 Å². The molecule has 1 amide bonds. The van der Waals surface area contributed by atoms with Gasteiger partial charge in [-0.05, 0) is 38.0 Å². The molecule has 0 spiro atoms. The number of anilines is 1. The molecule has 1 aromatic heterocycles. The molecule has 0 aliphatic heterocycles. The van der Waals surface area contributed by atoms with Crippen molar-refractivity contribution in [2.24, 2.45) is 0 Å². The molecule has 0 bridgehead atoms. The van der Waals surface area contributed by atoms with Gasteiger partial charge in [-0.3, -0.25) is 9.78 Å². The van der Waals surface area contributed by atoms with Gasteiger partial charge in [-0.25, -0.2) is 0 Å². The van der Waals surface area contributed by atoms with E-state index in [1.165, 1.54) is 5.56 Å². The third-order valence-electron chi connectivity index (χ3n) is 3.67. The summed E-state index contributed by atoms with van der Waals surface area (Å²) in [7, 11) is 0. The van der Waals surface area contributed by atoms with Gasteiger partial charge in [-0.1, -0.05) is 37.3 Å². The zero-order chi connectivity index (χ0) is 15.9. The van der Waals surface area contributed by atoms with Crippen LogP contribution in [-0.4, -0.2) is 16.9 Å². The summed E-state index contributed by atoms with van der Waals surface area (Å²) in [4.78, 5) is 16.3. The summed E-state index contributed by atoms with van der Waals surface area (Å²) in [6.45, 7) is 6.12. The Morgan fingerprint density at radius 3 is 2.59 bits per heavy atom. The van der Waals surface area contributed by atoms with Crippen molar-refractivity contribution >= 4 is 11.6 Å². The summed E-state index contributed by atoms with van der Waals surface area (Å²) in [5.74, 6) is -0.134. The van der Waals surface area contributed by atoms with E-state index in [9.17, 15) is 4.79 Å². The first kappa shape index (κ1) is 16.0. The molecule has 0 radical (unpaired) electrons. The number of benzene rings is 1. The van der Waals surface area contributed by atoms with Gasteiger partial charge >= 0.3 is 0 Å². The third-order valence-corrected chi connectivity index (χ3v) is 3.67. The average molecular weight is 297 g/mol. The van der Waals surface area contributed by atoms with E-state index in [1.54, 1.807) is 12.3 Å². The van der Waals surface area contributed by atoms with Crippen LogP contribution in [0.3, 0.4) is 0 Å². The Morgan fingerprint density at radius 2 is 1.91 bits per heavy atom. The van der Waals surface area contributed by atoms with Gasteiger partial charge < -0.3 is 10.6 Å². The zero-order valence-electron chi connectivity index (χ0n) is 13.3. The molecular weight excluding hydrogens is 274 g/mol. The Hall–Kier alpha value is -2.36. The zero-order valence-corrected chi connectivity index (χ0v) is 13.3. The molecule has 0 aliphatic rings. The summed E-state index contributed by atoms with van der Waals surface area (Å²) >= 11 is 0. The number of pyridine rings is 1. The largest absolute Gasteiger partial charge is 0.378 e. The molecular formula is C18H23N3O.